The Morgan fingerprint density at radius 2 is 2.00 bits per heavy atom. The van der Waals surface area contributed by atoms with Crippen molar-refractivity contribution < 1.29 is 9.53 Å². The molecule has 0 aromatic carbocycles. The molecule has 0 aliphatic rings. The molecule has 1 N–H and O–H groups in total. The maximum absolute atomic E-state index is 12.0. The minimum Gasteiger partial charge on any atom is -0.455 e. The Bertz CT molecular complexity index is 802. The standard InChI is InChI=1S/C14H14N4O2/c1-14(2,3)20-13(19)9-4-8-10(6-16-9)18-11-5-15-7-17-12(8)11/h4-7,18H,1-3H3. The van der Waals surface area contributed by atoms with Crippen LogP contribution in [-0.2, 0) is 4.74 Å². The number of aromatic amines is 1. The topological polar surface area (TPSA) is 80.8 Å². The van der Waals surface area contributed by atoms with E-state index in [0.717, 1.165) is 21.9 Å². The molecule has 102 valence electrons. The van der Waals surface area contributed by atoms with Crippen LogP contribution >= 0.6 is 0 Å². The molecule has 3 aromatic rings. The van der Waals surface area contributed by atoms with Gasteiger partial charge in [0.2, 0.25) is 0 Å². The Labute approximate surface area is 115 Å². The highest BCUT2D eigenvalue weighted by Gasteiger charge is 2.19. The number of nitrogens with one attached hydrogen (secondary N) is 1. The second-order valence-corrected chi connectivity index (χ2v) is 5.53. The highest BCUT2D eigenvalue weighted by Crippen LogP contribution is 2.23. The lowest BCUT2D eigenvalue weighted by Gasteiger charge is -2.18. The van der Waals surface area contributed by atoms with Gasteiger partial charge in [-0.25, -0.2) is 19.7 Å². The molecule has 0 atom stereocenters. The number of ether oxygens (including phenoxy) is 1. The number of pyridine rings is 1. The molecule has 3 heterocycles. The van der Waals surface area contributed by atoms with Crippen LogP contribution < -0.4 is 0 Å². The number of aromatic nitrogens is 4. The number of carbonyl (C=O) groups is 1. The van der Waals surface area contributed by atoms with Gasteiger partial charge in [-0.2, -0.15) is 0 Å². The Balaban J connectivity index is 2.10. The third-order valence-electron chi connectivity index (χ3n) is 2.75. The van der Waals surface area contributed by atoms with E-state index >= 15 is 0 Å². The number of fused-ring (bicyclic) bond motifs is 3. The van der Waals surface area contributed by atoms with Gasteiger partial charge in [0.1, 0.15) is 17.6 Å². The van der Waals surface area contributed by atoms with E-state index in [9.17, 15) is 4.79 Å². The quantitative estimate of drug-likeness (QED) is 0.687. The minimum absolute atomic E-state index is 0.270. The summed E-state index contributed by atoms with van der Waals surface area (Å²) in [7, 11) is 0. The van der Waals surface area contributed by atoms with Crippen LogP contribution in [0.1, 0.15) is 31.3 Å². The molecule has 0 fully saturated rings. The minimum atomic E-state index is -0.546. The van der Waals surface area contributed by atoms with Crippen LogP contribution in [0.15, 0.2) is 24.8 Å². The third-order valence-corrected chi connectivity index (χ3v) is 2.75. The molecular weight excluding hydrogens is 256 g/mol. The van der Waals surface area contributed by atoms with Crippen molar-refractivity contribution in [3.05, 3.63) is 30.5 Å². The van der Waals surface area contributed by atoms with Crippen molar-refractivity contribution in [1.82, 2.24) is 19.9 Å². The van der Waals surface area contributed by atoms with Gasteiger partial charge < -0.3 is 9.72 Å². The SMILES string of the molecule is CC(C)(C)OC(=O)c1cc2c(cn1)[nH]c1cncnc12. The maximum Gasteiger partial charge on any atom is 0.357 e. The first-order valence-corrected chi connectivity index (χ1v) is 6.25. The molecule has 0 spiro atoms. The van der Waals surface area contributed by atoms with E-state index in [1.165, 1.54) is 6.33 Å². The molecule has 0 saturated heterocycles. The molecule has 0 unspecified atom stereocenters. The zero-order chi connectivity index (χ0) is 14.3. The molecular formula is C14H14N4O2. The highest BCUT2D eigenvalue weighted by atomic mass is 16.6. The lowest BCUT2D eigenvalue weighted by Crippen LogP contribution is -2.24. The van der Waals surface area contributed by atoms with E-state index < -0.39 is 11.6 Å². The van der Waals surface area contributed by atoms with Crippen LogP contribution in [0.4, 0.5) is 0 Å². The normalized spacial score (nSPS) is 11.9. The average Bonchev–Trinajstić information content (AvgIpc) is 2.74. The molecule has 6 nitrogen and oxygen atoms in total. The van der Waals surface area contributed by atoms with E-state index in [-0.39, 0.29) is 5.69 Å². The fourth-order valence-corrected chi connectivity index (χ4v) is 1.97. The predicted molar refractivity (Wildman–Crippen MR) is 74.4 cm³/mol. The molecule has 20 heavy (non-hydrogen) atoms. The summed E-state index contributed by atoms with van der Waals surface area (Å²) in [6, 6.07) is 1.69. The first kappa shape index (κ1) is 12.5. The second-order valence-electron chi connectivity index (χ2n) is 5.53. The van der Waals surface area contributed by atoms with Gasteiger partial charge in [0.25, 0.3) is 0 Å². The lowest BCUT2D eigenvalue weighted by atomic mass is 10.2. The van der Waals surface area contributed by atoms with Gasteiger partial charge in [0.15, 0.2) is 0 Å². The number of rotatable bonds is 1. The zero-order valence-corrected chi connectivity index (χ0v) is 11.5. The Morgan fingerprint density at radius 3 is 2.75 bits per heavy atom. The monoisotopic (exact) mass is 270 g/mol. The fraction of sp³-hybridized carbons (Fsp3) is 0.286. The summed E-state index contributed by atoms with van der Waals surface area (Å²) in [5.41, 5.74) is 2.11. The molecule has 0 aliphatic carbocycles. The first-order chi connectivity index (χ1) is 9.44. The van der Waals surface area contributed by atoms with E-state index in [1.807, 2.05) is 20.8 Å². The van der Waals surface area contributed by atoms with Crippen LogP contribution in [0.5, 0.6) is 0 Å². The van der Waals surface area contributed by atoms with E-state index in [2.05, 4.69) is 19.9 Å². The van der Waals surface area contributed by atoms with Gasteiger partial charge in [0, 0.05) is 5.39 Å². The van der Waals surface area contributed by atoms with Gasteiger partial charge >= 0.3 is 5.97 Å². The highest BCUT2D eigenvalue weighted by molar-refractivity contribution is 6.06. The number of H-pyrrole nitrogens is 1. The molecule has 0 radical (unpaired) electrons. The van der Waals surface area contributed by atoms with Crippen molar-refractivity contribution in [3.63, 3.8) is 0 Å². The number of carbonyl (C=O) groups excluding carboxylic acids is 1. The smallest absolute Gasteiger partial charge is 0.357 e. The number of hydrogen-bond donors (Lipinski definition) is 1. The van der Waals surface area contributed by atoms with Crippen molar-refractivity contribution in [1.29, 1.82) is 0 Å². The second kappa shape index (κ2) is 4.26. The van der Waals surface area contributed by atoms with Gasteiger partial charge in [0.05, 0.1) is 28.9 Å². The van der Waals surface area contributed by atoms with Crippen molar-refractivity contribution in [2.24, 2.45) is 0 Å². The van der Waals surface area contributed by atoms with Gasteiger partial charge in [-0.05, 0) is 26.8 Å². The molecule has 0 saturated carbocycles. The van der Waals surface area contributed by atoms with Gasteiger partial charge in [-0.1, -0.05) is 0 Å². The third kappa shape index (κ3) is 2.20. The summed E-state index contributed by atoms with van der Waals surface area (Å²) < 4.78 is 5.32. The summed E-state index contributed by atoms with van der Waals surface area (Å²) >= 11 is 0. The number of nitrogens with zero attached hydrogens (tertiary/aromatic N) is 3. The molecule has 6 heteroatoms. The van der Waals surface area contributed by atoms with E-state index in [0.29, 0.717) is 0 Å². The summed E-state index contributed by atoms with van der Waals surface area (Å²) in [6.45, 7) is 5.47. The number of esters is 1. The van der Waals surface area contributed by atoms with Crippen molar-refractivity contribution in [2.75, 3.05) is 0 Å². The Kier molecular flexibility index (Phi) is 2.67. The molecule has 0 amide bonds. The van der Waals surface area contributed by atoms with Crippen molar-refractivity contribution in [2.45, 2.75) is 26.4 Å². The van der Waals surface area contributed by atoms with E-state index in [1.54, 1.807) is 18.5 Å². The number of hydrogen-bond acceptors (Lipinski definition) is 5. The summed E-state index contributed by atoms with van der Waals surface area (Å²) in [4.78, 5) is 27.5. The molecule has 0 bridgehead atoms. The van der Waals surface area contributed by atoms with Crippen LogP contribution in [0.3, 0.4) is 0 Å². The Hall–Kier alpha value is -2.50. The van der Waals surface area contributed by atoms with Crippen molar-refractivity contribution in [3.8, 4) is 0 Å². The maximum atomic E-state index is 12.0. The fourth-order valence-electron chi connectivity index (χ4n) is 1.97. The molecule has 3 rings (SSSR count). The van der Waals surface area contributed by atoms with Gasteiger partial charge in [-0.15, -0.1) is 0 Å². The summed E-state index contributed by atoms with van der Waals surface area (Å²) in [5.74, 6) is -0.442. The zero-order valence-electron chi connectivity index (χ0n) is 11.5. The average molecular weight is 270 g/mol. The van der Waals surface area contributed by atoms with Crippen LogP contribution in [0.25, 0.3) is 21.9 Å². The van der Waals surface area contributed by atoms with Crippen LogP contribution in [0.2, 0.25) is 0 Å². The van der Waals surface area contributed by atoms with Gasteiger partial charge in [-0.3, -0.25) is 0 Å². The molecule has 3 aromatic heterocycles. The summed E-state index contributed by atoms with van der Waals surface area (Å²) in [6.07, 6.45) is 4.77. The van der Waals surface area contributed by atoms with Crippen molar-refractivity contribution >= 4 is 27.9 Å². The molecule has 0 aliphatic heterocycles. The first-order valence-electron chi connectivity index (χ1n) is 6.25. The lowest BCUT2D eigenvalue weighted by molar-refractivity contribution is 0.00631. The Morgan fingerprint density at radius 1 is 1.20 bits per heavy atom. The van der Waals surface area contributed by atoms with E-state index in [4.69, 9.17) is 4.74 Å². The largest absolute Gasteiger partial charge is 0.455 e. The van der Waals surface area contributed by atoms with Crippen LogP contribution in [0, 0.1) is 0 Å². The summed E-state index contributed by atoms with van der Waals surface area (Å²) in [5, 5.41) is 0.832. The van der Waals surface area contributed by atoms with Crippen LogP contribution in [-0.4, -0.2) is 31.5 Å². The predicted octanol–water partition coefficient (Wildman–Crippen LogP) is 2.46.